The Morgan fingerprint density at radius 1 is 1.28 bits per heavy atom. The van der Waals surface area contributed by atoms with Gasteiger partial charge in [0.25, 0.3) is 0 Å². The van der Waals surface area contributed by atoms with Crippen molar-refractivity contribution in [2.45, 2.75) is 37.8 Å². The van der Waals surface area contributed by atoms with E-state index in [1.807, 2.05) is 6.07 Å². The van der Waals surface area contributed by atoms with Gasteiger partial charge >= 0.3 is 0 Å². The molecule has 3 N–H and O–H groups in total. The molecule has 0 radical (unpaired) electrons. The van der Waals surface area contributed by atoms with Crippen LogP contribution in [0.5, 0.6) is 0 Å². The highest BCUT2D eigenvalue weighted by atomic mass is 32.2. The number of thiophene rings is 1. The fraction of sp³-hybridized carbons (Fsp3) is 0.450. The van der Waals surface area contributed by atoms with Gasteiger partial charge in [0.15, 0.2) is 5.96 Å². The van der Waals surface area contributed by atoms with Crippen LogP contribution in [-0.4, -0.2) is 47.7 Å². The number of aliphatic imine (C=N–C) groups is 1. The van der Waals surface area contributed by atoms with Crippen LogP contribution in [0, 0.1) is 6.92 Å². The number of nitrogens with one attached hydrogen (secondary N) is 3. The second-order valence-electron chi connectivity index (χ2n) is 6.73. The lowest BCUT2D eigenvalue weighted by Crippen LogP contribution is -2.42. The van der Waals surface area contributed by atoms with E-state index < -0.39 is 10.0 Å². The molecule has 160 valence electrons. The molecule has 2 aromatic rings. The summed E-state index contributed by atoms with van der Waals surface area (Å²) in [6, 6.07) is 11.4. The minimum Gasteiger partial charge on any atom is -0.383 e. The Morgan fingerprint density at radius 2 is 2.07 bits per heavy atom. The maximum Gasteiger partial charge on any atom is 0.240 e. The molecule has 0 spiro atoms. The predicted molar refractivity (Wildman–Crippen MR) is 119 cm³/mol. The van der Waals surface area contributed by atoms with E-state index >= 15 is 0 Å². The van der Waals surface area contributed by atoms with Gasteiger partial charge < -0.3 is 15.4 Å². The van der Waals surface area contributed by atoms with E-state index in [1.54, 1.807) is 36.6 Å². The monoisotopic (exact) mass is 438 g/mol. The van der Waals surface area contributed by atoms with E-state index in [9.17, 15) is 8.42 Å². The van der Waals surface area contributed by atoms with E-state index in [0.29, 0.717) is 19.1 Å². The third-order valence-electron chi connectivity index (χ3n) is 4.18. The van der Waals surface area contributed by atoms with Gasteiger partial charge in [-0.25, -0.2) is 13.1 Å². The lowest BCUT2D eigenvalue weighted by molar-refractivity contribution is 0.204. The van der Waals surface area contributed by atoms with Gasteiger partial charge in [0.1, 0.15) is 0 Å². The molecule has 1 aromatic carbocycles. The average molecular weight is 439 g/mol. The normalized spacial score (nSPS) is 13.3. The molecule has 7 nitrogen and oxygen atoms in total. The van der Waals surface area contributed by atoms with E-state index in [-0.39, 0.29) is 17.5 Å². The van der Waals surface area contributed by atoms with Gasteiger partial charge in [-0.1, -0.05) is 12.1 Å². The summed E-state index contributed by atoms with van der Waals surface area (Å²) in [4.78, 5) is 7.14. The number of rotatable bonds is 10. The molecular weight excluding hydrogens is 408 g/mol. The summed E-state index contributed by atoms with van der Waals surface area (Å²) in [5, 5.41) is 6.62. The SMILES string of the molecule is CN=C(NCc1cccc(S(=O)(=O)NCCOC)c1)NC(C)Cc1ccc(C)s1. The van der Waals surface area contributed by atoms with Crippen molar-refractivity contribution >= 4 is 27.3 Å². The van der Waals surface area contributed by atoms with Crippen molar-refractivity contribution in [2.75, 3.05) is 27.3 Å². The smallest absolute Gasteiger partial charge is 0.240 e. The number of hydrogen-bond donors (Lipinski definition) is 3. The quantitative estimate of drug-likeness (QED) is 0.301. The fourth-order valence-electron chi connectivity index (χ4n) is 2.75. The third-order valence-corrected chi connectivity index (χ3v) is 6.66. The van der Waals surface area contributed by atoms with Crippen molar-refractivity contribution in [1.82, 2.24) is 15.4 Å². The number of methoxy groups -OCH3 is 1. The Labute approximate surface area is 177 Å². The summed E-state index contributed by atoms with van der Waals surface area (Å²) in [6.45, 7) is 5.24. The molecule has 1 aromatic heterocycles. The van der Waals surface area contributed by atoms with Gasteiger partial charge in [-0.15, -0.1) is 11.3 Å². The summed E-state index contributed by atoms with van der Waals surface area (Å²) in [6.07, 6.45) is 0.917. The highest BCUT2D eigenvalue weighted by molar-refractivity contribution is 7.89. The summed E-state index contributed by atoms with van der Waals surface area (Å²) in [5.74, 6) is 0.678. The molecule has 1 unspecified atom stereocenters. The van der Waals surface area contributed by atoms with Crippen molar-refractivity contribution < 1.29 is 13.2 Å². The highest BCUT2D eigenvalue weighted by Crippen LogP contribution is 2.16. The van der Waals surface area contributed by atoms with Crippen LogP contribution in [0.15, 0.2) is 46.3 Å². The lowest BCUT2D eigenvalue weighted by Gasteiger charge is -2.17. The van der Waals surface area contributed by atoms with Crippen LogP contribution < -0.4 is 15.4 Å². The Bertz CT molecular complexity index is 910. The molecule has 0 bridgehead atoms. The van der Waals surface area contributed by atoms with Crippen LogP contribution in [0.25, 0.3) is 0 Å². The molecule has 0 fully saturated rings. The first-order chi connectivity index (χ1) is 13.8. The molecule has 0 saturated carbocycles. The number of sulfonamides is 1. The highest BCUT2D eigenvalue weighted by Gasteiger charge is 2.14. The van der Waals surface area contributed by atoms with Crippen LogP contribution in [0.1, 0.15) is 22.2 Å². The van der Waals surface area contributed by atoms with Gasteiger partial charge in [-0.05, 0) is 43.7 Å². The van der Waals surface area contributed by atoms with E-state index in [1.165, 1.54) is 16.9 Å². The number of hydrogen-bond acceptors (Lipinski definition) is 5. The first-order valence-corrected chi connectivity index (χ1v) is 11.7. The number of aryl methyl sites for hydroxylation is 1. The minimum absolute atomic E-state index is 0.218. The summed E-state index contributed by atoms with van der Waals surface area (Å²) >= 11 is 1.80. The van der Waals surface area contributed by atoms with E-state index in [4.69, 9.17) is 4.74 Å². The molecule has 2 rings (SSSR count). The van der Waals surface area contributed by atoms with Crippen molar-refractivity contribution in [3.05, 3.63) is 51.7 Å². The summed E-state index contributed by atoms with van der Waals surface area (Å²) in [5.41, 5.74) is 0.851. The largest absolute Gasteiger partial charge is 0.383 e. The number of ether oxygens (including phenoxy) is 1. The van der Waals surface area contributed by atoms with Crippen LogP contribution in [0.2, 0.25) is 0 Å². The number of guanidine groups is 1. The Morgan fingerprint density at radius 3 is 2.72 bits per heavy atom. The zero-order valence-electron chi connectivity index (χ0n) is 17.4. The van der Waals surface area contributed by atoms with Crippen molar-refractivity contribution in [3.63, 3.8) is 0 Å². The molecular formula is C20H30N4O3S2. The first-order valence-electron chi connectivity index (χ1n) is 9.44. The second kappa shape index (κ2) is 11.3. The van der Waals surface area contributed by atoms with Crippen LogP contribution in [0.3, 0.4) is 0 Å². The molecule has 0 aliphatic carbocycles. The molecule has 0 aliphatic heterocycles. The van der Waals surface area contributed by atoms with E-state index in [0.717, 1.165) is 12.0 Å². The molecule has 0 saturated heterocycles. The van der Waals surface area contributed by atoms with Gasteiger partial charge in [-0.2, -0.15) is 0 Å². The lowest BCUT2D eigenvalue weighted by atomic mass is 10.2. The summed E-state index contributed by atoms with van der Waals surface area (Å²) in [7, 11) is -0.301. The van der Waals surface area contributed by atoms with Crippen LogP contribution >= 0.6 is 11.3 Å². The number of benzene rings is 1. The van der Waals surface area contributed by atoms with Gasteiger partial charge in [0.05, 0.1) is 11.5 Å². The predicted octanol–water partition coefficient (Wildman–Crippen LogP) is 2.28. The zero-order chi connectivity index (χ0) is 21.3. The van der Waals surface area contributed by atoms with Crippen molar-refractivity contribution in [2.24, 2.45) is 4.99 Å². The maximum absolute atomic E-state index is 12.4. The van der Waals surface area contributed by atoms with Crippen molar-refractivity contribution in [1.29, 1.82) is 0 Å². The number of nitrogens with zero attached hydrogens (tertiary/aromatic N) is 1. The molecule has 0 amide bonds. The Kier molecular flexibility index (Phi) is 9.09. The van der Waals surface area contributed by atoms with Crippen molar-refractivity contribution in [3.8, 4) is 0 Å². The average Bonchev–Trinajstić information content (AvgIpc) is 3.10. The topological polar surface area (TPSA) is 91.8 Å². The molecule has 29 heavy (non-hydrogen) atoms. The standard InChI is InChI=1S/C20H30N4O3S2/c1-15(12-18-9-8-16(2)28-18)24-20(21-3)22-14-17-6-5-7-19(13-17)29(25,26)23-10-11-27-4/h5-9,13,15,23H,10-12,14H2,1-4H3,(H2,21,22,24). The van der Waals surface area contributed by atoms with Gasteiger partial charge in [0, 0.05) is 49.5 Å². The molecule has 1 heterocycles. The van der Waals surface area contributed by atoms with E-state index in [2.05, 4.69) is 46.3 Å². The van der Waals surface area contributed by atoms with Gasteiger partial charge in [-0.3, -0.25) is 4.99 Å². The zero-order valence-corrected chi connectivity index (χ0v) is 19.0. The molecule has 9 heteroatoms. The molecule has 0 aliphatic rings. The fourth-order valence-corrected chi connectivity index (χ4v) is 4.85. The third kappa shape index (κ3) is 7.77. The first kappa shape index (κ1) is 23.3. The summed E-state index contributed by atoms with van der Waals surface area (Å²) < 4.78 is 32.1. The van der Waals surface area contributed by atoms with Crippen LogP contribution in [0.4, 0.5) is 0 Å². The molecule has 1 atom stereocenters. The van der Waals surface area contributed by atoms with Gasteiger partial charge in [0.2, 0.25) is 10.0 Å². The second-order valence-corrected chi connectivity index (χ2v) is 9.87. The Hall–Kier alpha value is -1.94. The Balaban J connectivity index is 1.92. The maximum atomic E-state index is 12.4. The van der Waals surface area contributed by atoms with Crippen LogP contribution in [-0.2, 0) is 27.7 Å². The minimum atomic E-state index is -3.55.